The molecule has 0 radical (unpaired) electrons. The number of hydrogen-bond acceptors (Lipinski definition) is 4. The average molecular weight is 292 g/mol. The Balaban J connectivity index is 1.77. The molecular weight excluding hydrogens is 276 g/mol. The van der Waals surface area contributed by atoms with Gasteiger partial charge in [-0.25, -0.2) is 4.90 Å². The predicted molar refractivity (Wildman–Crippen MR) is 83.1 cm³/mol. The van der Waals surface area contributed by atoms with Crippen molar-refractivity contribution in [3.05, 3.63) is 77.4 Å². The molecule has 1 aliphatic rings. The lowest BCUT2D eigenvalue weighted by molar-refractivity contribution is -0.0423. The van der Waals surface area contributed by atoms with Crippen LogP contribution in [0.5, 0.6) is 0 Å². The largest absolute Gasteiger partial charge is 0.375 e. The normalized spacial score (nSPS) is 21.4. The third-order valence-electron chi connectivity index (χ3n) is 3.82. The molecule has 22 heavy (non-hydrogen) atoms. The number of benzene rings is 2. The first kappa shape index (κ1) is 14.5. The van der Waals surface area contributed by atoms with Crippen molar-refractivity contribution in [2.45, 2.75) is 19.0 Å². The van der Waals surface area contributed by atoms with Crippen molar-refractivity contribution in [2.24, 2.45) is 0 Å². The lowest BCUT2D eigenvalue weighted by Crippen LogP contribution is -2.37. The Kier molecular flexibility index (Phi) is 4.03. The number of hydrogen-bond donors (Lipinski definition) is 2. The summed E-state index contributed by atoms with van der Waals surface area (Å²) in [5, 5.41) is 29.5. The molecule has 0 amide bonds. The highest BCUT2D eigenvalue weighted by atomic mass is 16.3. The van der Waals surface area contributed by atoms with Crippen molar-refractivity contribution in [2.75, 3.05) is 0 Å². The van der Waals surface area contributed by atoms with Crippen molar-refractivity contribution >= 4 is 5.57 Å². The first-order valence-corrected chi connectivity index (χ1v) is 7.07. The molecule has 0 fully saturated rings. The van der Waals surface area contributed by atoms with E-state index in [9.17, 15) is 10.2 Å². The van der Waals surface area contributed by atoms with Crippen LogP contribution in [0.3, 0.4) is 0 Å². The van der Waals surface area contributed by atoms with Crippen LogP contribution in [0.1, 0.15) is 16.7 Å². The molecule has 4 nitrogen and oxygen atoms in total. The van der Waals surface area contributed by atoms with Gasteiger partial charge in [0.05, 0.1) is 11.6 Å². The average Bonchev–Trinajstić information content (AvgIpc) is 2.84. The number of aliphatic hydroxyl groups is 2. The maximum atomic E-state index is 10.5. The van der Waals surface area contributed by atoms with E-state index in [1.807, 2.05) is 42.5 Å². The summed E-state index contributed by atoms with van der Waals surface area (Å²) < 4.78 is 0. The van der Waals surface area contributed by atoms with E-state index in [-0.39, 0.29) is 0 Å². The van der Waals surface area contributed by atoms with Gasteiger partial charge in [0.2, 0.25) is 0 Å². The minimum atomic E-state index is -0.854. The smallest absolute Gasteiger partial charge is 0.136 e. The van der Waals surface area contributed by atoms with E-state index < -0.39 is 12.5 Å². The summed E-state index contributed by atoms with van der Waals surface area (Å²) in [6.07, 6.45) is -0.0159. The fourth-order valence-electron chi connectivity index (χ4n) is 2.62. The fraction of sp³-hybridized carbons (Fsp3) is 0.167. The van der Waals surface area contributed by atoms with Gasteiger partial charge in [-0.15, -0.1) is 0 Å². The lowest BCUT2D eigenvalue weighted by Gasteiger charge is -2.25. The Bertz CT molecular complexity index is 717. The molecule has 2 aromatic rings. The van der Waals surface area contributed by atoms with E-state index in [4.69, 9.17) is 5.26 Å². The monoisotopic (exact) mass is 292 g/mol. The minimum Gasteiger partial charge on any atom is -0.375 e. The van der Waals surface area contributed by atoms with Gasteiger partial charge in [-0.05, 0) is 29.3 Å². The molecule has 0 aliphatic carbocycles. The van der Waals surface area contributed by atoms with Crippen molar-refractivity contribution < 1.29 is 10.2 Å². The van der Waals surface area contributed by atoms with Crippen LogP contribution in [0.2, 0.25) is 0 Å². The highest BCUT2D eigenvalue weighted by molar-refractivity contribution is 5.70. The first-order valence-electron chi connectivity index (χ1n) is 7.07. The van der Waals surface area contributed by atoms with Gasteiger partial charge in [0.15, 0.2) is 0 Å². The number of nitrogens with zero attached hydrogens (tertiary/aromatic N) is 2. The molecule has 4 heteroatoms. The second kappa shape index (κ2) is 6.12. The highest BCUT2D eigenvalue weighted by Gasteiger charge is 2.32. The maximum Gasteiger partial charge on any atom is 0.136 e. The first-order chi connectivity index (χ1) is 10.7. The standard InChI is InChI=1S/C18H16N2O2/c19-11-13-6-8-14(9-7-13)12-20-17(21)10-16(18(20)22)15-4-2-1-3-5-15/h1-10,17-18,21-22H,12H2. The quantitative estimate of drug-likeness (QED) is 0.909. The predicted octanol–water partition coefficient (Wildman–Crippen LogP) is 2.09. The molecule has 0 spiro atoms. The van der Waals surface area contributed by atoms with E-state index >= 15 is 0 Å². The van der Waals surface area contributed by atoms with Crippen molar-refractivity contribution in [1.82, 2.24) is 4.90 Å². The number of rotatable bonds is 3. The molecule has 1 aliphatic heterocycles. The Morgan fingerprint density at radius 1 is 1.00 bits per heavy atom. The van der Waals surface area contributed by atoms with E-state index in [0.717, 1.165) is 11.1 Å². The van der Waals surface area contributed by atoms with Crippen LogP contribution in [0, 0.1) is 11.3 Å². The Morgan fingerprint density at radius 3 is 2.32 bits per heavy atom. The van der Waals surface area contributed by atoms with Crippen LogP contribution in [0.4, 0.5) is 0 Å². The van der Waals surface area contributed by atoms with Gasteiger partial charge in [-0.2, -0.15) is 5.26 Å². The molecule has 2 N–H and O–H groups in total. The zero-order valence-corrected chi connectivity index (χ0v) is 11.9. The number of aliphatic hydroxyl groups excluding tert-OH is 2. The van der Waals surface area contributed by atoms with Crippen LogP contribution in [-0.4, -0.2) is 27.6 Å². The Labute approximate surface area is 129 Å². The summed E-state index contributed by atoms with van der Waals surface area (Å²) in [6, 6.07) is 18.7. The molecule has 2 atom stereocenters. The zero-order chi connectivity index (χ0) is 15.5. The van der Waals surface area contributed by atoms with Crippen molar-refractivity contribution in [3.8, 4) is 6.07 Å². The third-order valence-corrected chi connectivity index (χ3v) is 3.82. The molecule has 2 unspecified atom stereocenters. The van der Waals surface area contributed by atoms with Gasteiger partial charge in [0, 0.05) is 12.1 Å². The van der Waals surface area contributed by atoms with Crippen molar-refractivity contribution in [3.63, 3.8) is 0 Å². The second-order valence-electron chi connectivity index (χ2n) is 5.26. The molecule has 2 aromatic carbocycles. The second-order valence-corrected chi connectivity index (χ2v) is 5.26. The van der Waals surface area contributed by atoms with Crippen molar-refractivity contribution in [1.29, 1.82) is 5.26 Å². The van der Waals surface area contributed by atoms with E-state index in [0.29, 0.717) is 17.7 Å². The van der Waals surface area contributed by atoms with Crippen LogP contribution in [-0.2, 0) is 6.54 Å². The van der Waals surface area contributed by atoms with Gasteiger partial charge < -0.3 is 10.2 Å². The van der Waals surface area contributed by atoms with E-state index in [1.54, 1.807) is 23.1 Å². The summed E-state index contributed by atoms with van der Waals surface area (Å²) in [4.78, 5) is 1.60. The highest BCUT2D eigenvalue weighted by Crippen LogP contribution is 2.30. The molecule has 0 saturated carbocycles. The van der Waals surface area contributed by atoms with Crippen LogP contribution >= 0.6 is 0 Å². The molecular formula is C18H16N2O2. The summed E-state index contributed by atoms with van der Waals surface area (Å²) in [6.45, 7) is 0.404. The molecule has 0 aromatic heterocycles. The molecule has 3 rings (SSSR count). The third kappa shape index (κ3) is 2.78. The van der Waals surface area contributed by atoms with Gasteiger partial charge in [0.1, 0.15) is 12.5 Å². The molecule has 110 valence electrons. The van der Waals surface area contributed by atoms with Gasteiger partial charge in [-0.3, -0.25) is 0 Å². The minimum absolute atomic E-state index is 0.404. The van der Waals surface area contributed by atoms with Gasteiger partial charge >= 0.3 is 0 Å². The zero-order valence-electron chi connectivity index (χ0n) is 11.9. The van der Waals surface area contributed by atoms with Crippen LogP contribution in [0.15, 0.2) is 60.7 Å². The topological polar surface area (TPSA) is 67.5 Å². The lowest BCUT2D eigenvalue weighted by atomic mass is 10.1. The Hall–Kier alpha value is -2.45. The summed E-state index contributed by atoms with van der Waals surface area (Å²) in [5.41, 5.74) is 3.13. The molecule has 0 saturated heterocycles. The van der Waals surface area contributed by atoms with Gasteiger partial charge in [-0.1, -0.05) is 42.5 Å². The van der Waals surface area contributed by atoms with Crippen LogP contribution < -0.4 is 0 Å². The summed E-state index contributed by atoms with van der Waals surface area (Å²) in [5.74, 6) is 0. The van der Waals surface area contributed by atoms with E-state index in [1.165, 1.54) is 0 Å². The SMILES string of the molecule is N#Cc1ccc(CN2C(O)C=C(c3ccccc3)C2O)cc1. The Morgan fingerprint density at radius 2 is 1.68 bits per heavy atom. The molecule has 1 heterocycles. The fourth-order valence-corrected chi connectivity index (χ4v) is 2.62. The number of nitriles is 1. The summed E-state index contributed by atoms with van der Waals surface area (Å²) in [7, 11) is 0. The van der Waals surface area contributed by atoms with E-state index in [2.05, 4.69) is 6.07 Å². The van der Waals surface area contributed by atoms with Crippen LogP contribution in [0.25, 0.3) is 5.57 Å². The van der Waals surface area contributed by atoms with Gasteiger partial charge in [0.25, 0.3) is 0 Å². The molecule has 0 bridgehead atoms. The summed E-state index contributed by atoms with van der Waals surface area (Å²) >= 11 is 0. The maximum absolute atomic E-state index is 10.5.